The second-order valence-electron chi connectivity index (χ2n) is 5.03. The van der Waals surface area contributed by atoms with Crippen LogP contribution in [0, 0.1) is 5.41 Å². The van der Waals surface area contributed by atoms with Crippen molar-refractivity contribution in [3.05, 3.63) is 52.4 Å². The standard InChI is InChI=1S/C16H16N6OS/c1-2-18-16(24)20-14-11(8-17)13-12(9-19-14)15(23)22(21-13)10-6-4-3-5-7-10/h3-9,17,21H,2H2,1H3,(H2,18,19,20,24). The average Bonchev–Trinajstić information content (AvgIpc) is 2.93. The van der Waals surface area contributed by atoms with Crippen LogP contribution in [0.3, 0.4) is 0 Å². The Balaban J connectivity index is 2.15. The van der Waals surface area contributed by atoms with Crippen molar-refractivity contribution in [1.29, 1.82) is 5.41 Å². The zero-order valence-corrected chi connectivity index (χ0v) is 13.8. The van der Waals surface area contributed by atoms with Gasteiger partial charge in [0, 0.05) is 19.0 Å². The van der Waals surface area contributed by atoms with E-state index >= 15 is 0 Å². The second kappa shape index (κ2) is 6.63. The Morgan fingerprint density at radius 3 is 2.83 bits per heavy atom. The van der Waals surface area contributed by atoms with Gasteiger partial charge in [-0.2, -0.15) is 0 Å². The van der Waals surface area contributed by atoms with Gasteiger partial charge in [-0.05, 0) is 31.3 Å². The third-order valence-corrected chi connectivity index (χ3v) is 3.75. The summed E-state index contributed by atoms with van der Waals surface area (Å²) in [6, 6.07) is 9.24. The van der Waals surface area contributed by atoms with Crippen molar-refractivity contribution < 1.29 is 0 Å². The van der Waals surface area contributed by atoms with Crippen LogP contribution >= 0.6 is 12.2 Å². The number of H-pyrrole nitrogens is 1. The Morgan fingerprint density at radius 2 is 2.17 bits per heavy atom. The monoisotopic (exact) mass is 340 g/mol. The zero-order valence-electron chi connectivity index (χ0n) is 13.0. The minimum atomic E-state index is -0.215. The fraction of sp³-hybridized carbons (Fsp3) is 0.125. The largest absolute Gasteiger partial charge is 0.363 e. The van der Waals surface area contributed by atoms with Crippen LogP contribution in [0.4, 0.5) is 5.82 Å². The maximum atomic E-state index is 12.6. The number of anilines is 1. The van der Waals surface area contributed by atoms with Crippen molar-refractivity contribution in [1.82, 2.24) is 20.1 Å². The first-order valence-corrected chi connectivity index (χ1v) is 7.81. The quantitative estimate of drug-likeness (QED) is 0.430. The van der Waals surface area contributed by atoms with E-state index in [0.29, 0.717) is 39.6 Å². The summed E-state index contributed by atoms with van der Waals surface area (Å²) < 4.78 is 1.44. The molecule has 3 rings (SSSR count). The molecule has 1 aromatic carbocycles. The maximum absolute atomic E-state index is 12.6. The Morgan fingerprint density at radius 1 is 1.42 bits per heavy atom. The molecule has 7 nitrogen and oxygen atoms in total. The van der Waals surface area contributed by atoms with Crippen LogP contribution < -0.4 is 16.2 Å². The molecule has 24 heavy (non-hydrogen) atoms. The Hall–Kier alpha value is -3.00. The van der Waals surface area contributed by atoms with Gasteiger partial charge in [-0.3, -0.25) is 9.89 Å². The van der Waals surface area contributed by atoms with E-state index < -0.39 is 0 Å². The van der Waals surface area contributed by atoms with Crippen LogP contribution in [0.25, 0.3) is 16.6 Å². The molecule has 0 aliphatic heterocycles. The molecule has 0 bridgehead atoms. The molecule has 0 atom stereocenters. The predicted molar refractivity (Wildman–Crippen MR) is 99.5 cm³/mol. The number of hydrogen-bond acceptors (Lipinski definition) is 4. The highest BCUT2D eigenvalue weighted by Crippen LogP contribution is 2.20. The summed E-state index contributed by atoms with van der Waals surface area (Å²) in [5, 5.41) is 17.5. The molecule has 0 saturated carbocycles. The third-order valence-electron chi connectivity index (χ3n) is 3.50. The van der Waals surface area contributed by atoms with E-state index in [-0.39, 0.29) is 5.56 Å². The molecular formula is C16H16N6OS. The van der Waals surface area contributed by atoms with Crippen LogP contribution in [-0.4, -0.2) is 32.6 Å². The Labute approximate surface area is 143 Å². The molecule has 0 fully saturated rings. The van der Waals surface area contributed by atoms with Gasteiger partial charge in [0.15, 0.2) is 5.11 Å². The number of nitrogens with one attached hydrogen (secondary N) is 4. The Bertz CT molecular complexity index is 960. The molecule has 0 aliphatic carbocycles. The summed E-state index contributed by atoms with van der Waals surface area (Å²) in [5.41, 5.74) is 1.51. The molecule has 0 aliphatic rings. The topological polar surface area (TPSA) is 98.6 Å². The van der Waals surface area contributed by atoms with Crippen LogP contribution in [0.1, 0.15) is 12.5 Å². The minimum Gasteiger partial charge on any atom is -0.363 e. The van der Waals surface area contributed by atoms with E-state index in [1.54, 1.807) is 0 Å². The molecule has 0 saturated heterocycles. The fourth-order valence-corrected chi connectivity index (χ4v) is 2.64. The number of aromatic amines is 1. The molecule has 0 radical (unpaired) electrons. The lowest BCUT2D eigenvalue weighted by Crippen LogP contribution is -2.28. The summed E-state index contributed by atoms with van der Waals surface area (Å²) in [4.78, 5) is 16.8. The summed E-state index contributed by atoms with van der Waals surface area (Å²) in [6.45, 7) is 2.61. The van der Waals surface area contributed by atoms with Crippen molar-refractivity contribution >= 4 is 40.3 Å². The molecule has 2 heterocycles. The maximum Gasteiger partial charge on any atom is 0.280 e. The highest BCUT2D eigenvalue weighted by molar-refractivity contribution is 7.80. The van der Waals surface area contributed by atoms with E-state index in [4.69, 9.17) is 17.6 Å². The van der Waals surface area contributed by atoms with Crippen LogP contribution in [0.5, 0.6) is 0 Å². The number of rotatable bonds is 4. The van der Waals surface area contributed by atoms with E-state index in [1.165, 1.54) is 10.9 Å². The molecule has 3 aromatic rings. The van der Waals surface area contributed by atoms with E-state index in [2.05, 4.69) is 20.7 Å². The summed E-state index contributed by atoms with van der Waals surface area (Å²) in [5.74, 6) is 0.421. The molecule has 0 unspecified atom stereocenters. The van der Waals surface area contributed by atoms with Gasteiger partial charge >= 0.3 is 0 Å². The lowest BCUT2D eigenvalue weighted by molar-refractivity contribution is 0.863. The summed E-state index contributed by atoms with van der Waals surface area (Å²) in [6.07, 6.45) is 2.63. The van der Waals surface area contributed by atoms with E-state index in [1.807, 2.05) is 37.3 Å². The SMILES string of the molecule is CCNC(=S)Nc1ncc2c(=O)n(-c3ccccc3)[nH]c2c1C=N. The van der Waals surface area contributed by atoms with Crippen molar-refractivity contribution in [2.24, 2.45) is 0 Å². The zero-order chi connectivity index (χ0) is 17.1. The number of hydrogen-bond donors (Lipinski definition) is 4. The third kappa shape index (κ3) is 2.79. The first-order chi connectivity index (χ1) is 11.7. The van der Waals surface area contributed by atoms with Gasteiger partial charge in [0.1, 0.15) is 5.82 Å². The normalized spacial score (nSPS) is 10.5. The average molecular weight is 340 g/mol. The van der Waals surface area contributed by atoms with E-state index in [9.17, 15) is 4.79 Å². The number of benzene rings is 1. The van der Waals surface area contributed by atoms with Gasteiger partial charge in [-0.15, -0.1) is 0 Å². The second-order valence-corrected chi connectivity index (χ2v) is 5.43. The number of aromatic nitrogens is 3. The van der Waals surface area contributed by atoms with Gasteiger partial charge in [0.25, 0.3) is 5.56 Å². The van der Waals surface area contributed by atoms with Crippen molar-refractivity contribution in [2.45, 2.75) is 6.92 Å². The number of fused-ring (bicyclic) bond motifs is 1. The van der Waals surface area contributed by atoms with Crippen molar-refractivity contribution in [3.8, 4) is 5.69 Å². The predicted octanol–water partition coefficient (Wildman–Crippen LogP) is 2.02. The van der Waals surface area contributed by atoms with Gasteiger partial charge in [0.05, 0.1) is 22.2 Å². The lowest BCUT2D eigenvalue weighted by atomic mass is 10.2. The van der Waals surface area contributed by atoms with E-state index in [0.717, 1.165) is 6.21 Å². The number of nitrogens with zero attached hydrogens (tertiary/aromatic N) is 2. The van der Waals surface area contributed by atoms with Gasteiger partial charge in [-0.1, -0.05) is 18.2 Å². The van der Waals surface area contributed by atoms with Crippen molar-refractivity contribution in [3.63, 3.8) is 0 Å². The molecule has 4 N–H and O–H groups in total. The van der Waals surface area contributed by atoms with Crippen LogP contribution in [0.15, 0.2) is 41.3 Å². The van der Waals surface area contributed by atoms with Crippen LogP contribution in [0.2, 0.25) is 0 Å². The smallest absolute Gasteiger partial charge is 0.280 e. The van der Waals surface area contributed by atoms with Gasteiger partial charge < -0.3 is 16.0 Å². The fourth-order valence-electron chi connectivity index (χ4n) is 2.40. The minimum absolute atomic E-state index is 0.215. The first kappa shape index (κ1) is 15.9. The number of para-hydroxylation sites is 1. The molecule has 0 amide bonds. The molecule has 8 heteroatoms. The highest BCUT2D eigenvalue weighted by Gasteiger charge is 2.15. The molecule has 0 spiro atoms. The Kier molecular flexibility index (Phi) is 4.39. The van der Waals surface area contributed by atoms with Gasteiger partial charge in [-0.25, -0.2) is 9.67 Å². The molecule has 122 valence electrons. The first-order valence-electron chi connectivity index (χ1n) is 7.40. The van der Waals surface area contributed by atoms with Crippen molar-refractivity contribution in [2.75, 3.05) is 11.9 Å². The summed E-state index contributed by atoms with van der Waals surface area (Å²) >= 11 is 5.16. The molecular weight excluding hydrogens is 324 g/mol. The summed E-state index contributed by atoms with van der Waals surface area (Å²) in [7, 11) is 0. The molecule has 2 aromatic heterocycles. The number of pyridine rings is 1. The van der Waals surface area contributed by atoms with Gasteiger partial charge in [0.2, 0.25) is 0 Å². The van der Waals surface area contributed by atoms with Crippen LogP contribution in [-0.2, 0) is 0 Å². The lowest BCUT2D eigenvalue weighted by Gasteiger charge is -2.10. The number of thiocarbonyl (C=S) groups is 1. The highest BCUT2D eigenvalue weighted by atomic mass is 32.1.